The molecule has 0 radical (unpaired) electrons. The number of rotatable bonds is 4. The Bertz CT molecular complexity index is 984. The molecule has 2 aromatic carbocycles. The molecule has 1 aliphatic rings. The molecule has 0 saturated carbocycles. The molecule has 0 unspecified atom stereocenters. The monoisotopic (exact) mass is 372 g/mol. The Labute approximate surface area is 153 Å². The lowest BCUT2D eigenvalue weighted by Crippen LogP contribution is -2.11. The van der Waals surface area contributed by atoms with Crippen LogP contribution in [0.4, 0.5) is 5.69 Å². The maximum Gasteiger partial charge on any atom is 0.285 e. The van der Waals surface area contributed by atoms with Crippen molar-refractivity contribution >= 4 is 26.5 Å². The van der Waals surface area contributed by atoms with Crippen molar-refractivity contribution in [3.05, 3.63) is 59.2 Å². The van der Waals surface area contributed by atoms with Gasteiger partial charge in [0.2, 0.25) is 0 Å². The van der Waals surface area contributed by atoms with Crippen LogP contribution in [0, 0.1) is 6.92 Å². The molecule has 0 aromatic heterocycles. The Balaban J connectivity index is 2.00. The smallest absolute Gasteiger partial charge is 0.285 e. The average Bonchev–Trinajstić information content (AvgIpc) is 2.84. The zero-order chi connectivity index (χ0) is 18.9. The van der Waals surface area contributed by atoms with Gasteiger partial charge in [-0.2, -0.15) is 8.42 Å². The number of amidine groups is 1. The summed E-state index contributed by atoms with van der Waals surface area (Å²) in [6.45, 7) is 3.69. The van der Waals surface area contributed by atoms with E-state index >= 15 is 0 Å². The third kappa shape index (κ3) is 3.43. The highest BCUT2D eigenvalue weighted by Crippen LogP contribution is 2.34. The van der Waals surface area contributed by atoms with Crippen LogP contribution in [0.1, 0.15) is 18.1 Å². The van der Waals surface area contributed by atoms with Crippen LogP contribution in [0.15, 0.2) is 52.4 Å². The van der Waals surface area contributed by atoms with E-state index in [0.717, 1.165) is 5.56 Å². The predicted molar refractivity (Wildman–Crippen MR) is 103 cm³/mol. The summed E-state index contributed by atoms with van der Waals surface area (Å²) in [4.78, 5) is 0.217. The minimum atomic E-state index is -3.76. The molecule has 0 atom stereocenters. The molecular weight excluding hydrogens is 352 g/mol. The van der Waals surface area contributed by atoms with Gasteiger partial charge in [-0.15, -0.1) is 4.40 Å². The number of nitrogens with one attached hydrogen (secondary N) is 1. The van der Waals surface area contributed by atoms with Gasteiger partial charge in [0.05, 0.1) is 14.2 Å². The first-order valence-electron chi connectivity index (χ1n) is 7.97. The van der Waals surface area contributed by atoms with Gasteiger partial charge >= 0.3 is 0 Å². The van der Waals surface area contributed by atoms with Gasteiger partial charge in [-0.25, -0.2) is 0 Å². The molecule has 136 valence electrons. The van der Waals surface area contributed by atoms with Crippen LogP contribution < -0.4 is 14.8 Å². The lowest BCUT2D eigenvalue weighted by atomic mass is 10.1. The van der Waals surface area contributed by atoms with Gasteiger partial charge in [-0.3, -0.25) is 0 Å². The van der Waals surface area contributed by atoms with Crippen LogP contribution in [0.3, 0.4) is 0 Å². The first-order valence-corrected chi connectivity index (χ1v) is 9.41. The van der Waals surface area contributed by atoms with Crippen molar-refractivity contribution in [3.8, 4) is 11.5 Å². The van der Waals surface area contributed by atoms with Gasteiger partial charge in [0.15, 0.2) is 0 Å². The number of hydrogen-bond acceptors (Lipinski definition) is 5. The van der Waals surface area contributed by atoms with Crippen LogP contribution in [-0.4, -0.2) is 28.5 Å². The molecule has 0 bridgehead atoms. The summed E-state index contributed by atoms with van der Waals surface area (Å²) < 4.78 is 39.5. The van der Waals surface area contributed by atoms with Crippen LogP contribution in [-0.2, 0) is 10.0 Å². The molecular formula is C19H20N2O4S. The molecule has 1 N–H and O–H groups in total. The first kappa shape index (κ1) is 18.0. The highest BCUT2D eigenvalue weighted by atomic mass is 32.2. The molecule has 2 aromatic rings. The fraction of sp³-hybridized carbons (Fsp3) is 0.211. The van der Waals surface area contributed by atoms with Gasteiger partial charge in [0.25, 0.3) is 10.0 Å². The Morgan fingerprint density at radius 1 is 0.923 bits per heavy atom. The number of benzene rings is 2. The highest BCUT2D eigenvalue weighted by Gasteiger charge is 2.31. The third-order valence-corrected chi connectivity index (χ3v) is 5.57. The number of hydrogen-bond donors (Lipinski definition) is 1. The van der Waals surface area contributed by atoms with E-state index in [1.807, 2.05) is 19.1 Å². The molecule has 0 spiro atoms. The van der Waals surface area contributed by atoms with Gasteiger partial charge in [0, 0.05) is 29.5 Å². The number of aryl methyl sites for hydroxylation is 1. The average molecular weight is 372 g/mol. The van der Waals surface area contributed by atoms with E-state index in [2.05, 4.69) is 9.71 Å². The summed E-state index contributed by atoms with van der Waals surface area (Å²) >= 11 is 0. The molecule has 0 saturated heterocycles. The summed E-state index contributed by atoms with van der Waals surface area (Å²) in [5.74, 6) is 1.47. The SMILES string of the molecule is COc1cc(NC2=NS(=O)(=O)C(c3ccc(C)cc3)=C2C)cc(OC)c1. The Hall–Kier alpha value is -2.80. The summed E-state index contributed by atoms with van der Waals surface area (Å²) in [5, 5.41) is 3.06. The summed E-state index contributed by atoms with van der Waals surface area (Å²) in [7, 11) is -0.656. The quantitative estimate of drug-likeness (QED) is 0.887. The Kier molecular flexibility index (Phi) is 4.73. The van der Waals surface area contributed by atoms with E-state index in [4.69, 9.17) is 9.47 Å². The lowest BCUT2D eigenvalue weighted by molar-refractivity contribution is 0.395. The van der Waals surface area contributed by atoms with Gasteiger partial charge < -0.3 is 14.8 Å². The molecule has 3 rings (SSSR count). The van der Waals surface area contributed by atoms with Crippen LogP contribution >= 0.6 is 0 Å². The molecule has 7 heteroatoms. The van der Waals surface area contributed by atoms with Crippen molar-refractivity contribution < 1.29 is 17.9 Å². The lowest BCUT2D eigenvalue weighted by Gasteiger charge is -2.11. The minimum Gasteiger partial charge on any atom is -0.497 e. The number of sulfonamides is 1. The standard InChI is InChI=1S/C19H20N2O4S/c1-12-5-7-14(8-6-12)18-13(2)19(21-26(18,22)23)20-15-9-16(24-3)11-17(10-15)25-4/h5-11H,1-4H3,(H,20,21). The first-order chi connectivity index (χ1) is 12.3. The fourth-order valence-electron chi connectivity index (χ4n) is 2.74. The maximum atomic E-state index is 12.6. The van der Waals surface area contributed by atoms with Crippen molar-refractivity contribution in [1.29, 1.82) is 0 Å². The highest BCUT2D eigenvalue weighted by molar-refractivity contribution is 8.00. The zero-order valence-corrected chi connectivity index (χ0v) is 15.8. The van der Waals surface area contributed by atoms with Crippen molar-refractivity contribution in [3.63, 3.8) is 0 Å². The molecule has 0 fully saturated rings. The summed E-state index contributed by atoms with van der Waals surface area (Å²) in [5.41, 5.74) is 2.87. The molecule has 26 heavy (non-hydrogen) atoms. The molecule has 1 aliphatic heterocycles. The topological polar surface area (TPSA) is 77.0 Å². The van der Waals surface area contributed by atoms with Gasteiger partial charge in [-0.1, -0.05) is 29.8 Å². The third-order valence-electron chi connectivity index (χ3n) is 4.09. The van der Waals surface area contributed by atoms with Crippen molar-refractivity contribution in [2.24, 2.45) is 4.40 Å². The second kappa shape index (κ2) is 6.84. The van der Waals surface area contributed by atoms with E-state index < -0.39 is 10.0 Å². The normalized spacial score (nSPS) is 15.6. The van der Waals surface area contributed by atoms with Crippen LogP contribution in [0.5, 0.6) is 11.5 Å². The summed E-state index contributed by atoms with van der Waals surface area (Å²) in [6, 6.07) is 12.6. The van der Waals surface area contributed by atoms with Crippen LogP contribution in [0.25, 0.3) is 4.91 Å². The Morgan fingerprint density at radius 2 is 1.50 bits per heavy atom. The summed E-state index contributed by atoms with van der Waals surface area (Å²) in [6.07, 6.45) is 0. The van der Waals surface area contributed by atoms with Crippen molar-refractivity contribution in [1.82, 2.24) is 0 Å². The second-order valence-corrected chi connectivity index (χ2v) is 7.50. The molecule has 6 nitrogen and oxygen atoms in total. The van der Waals surface area contributed by atoms with Gasteiger partial charge in [-0.05, 0) is 19.4 Å². The maximum absolute atomic E-state index is 12.6. The van der Waals surface area contributed by atoms with E-state index in [-0.39, 0.29) is 10.7 Å². The molecule has 0 aliphatic carbocycles. The zero-order valence-electron chi connectivity index (χ0n) is 15.0. The second-order valence-electron chi connectivity index (χ2n) is 5.96. The van der Waals surface area contributed by atoms with E-state index in [1.54, 1.807) is 51.5 Å². The van der Waals surface area contributed by atoms with E-state index in [0.29, 0.717) is 28.3 Å². The number of methoxy groups -OCH3 is 2. The number of ether oxygens (including phenoxy) is 2. The van der Waals surface area contributed by atoms with Crippen molar-refractivity contribution in [2.75, 3.05) is 19.5 Å². The van der Waals surface area contributed by atoms with E-state index in [9.17, 15) is 8.42 Å². The Morgan fingerprint density at radius 3 is 2.04 bits per heavy atom. The van der Waals surface area contributed by atoms with Crippen LogP contribution in [0.2, 0.25) is 0 Å². The number of anilines is 1. The largest absolute Gasteiger partial charge is 0.497 e. The number of nitrogens with zero attached hydrogens (tertiary/aromatic N) is 1. The molecule has 1 heterocycles. The van der Waals surface area contributed by atoms with E-state index in [1.165, 1.54) is 0 Å². The minimum absolute atomic E-state index is 0.217. The molecule has 0 amide bonds. The van der Waals surface area contributed by atoms with Crippen molar-refractivity contribution in [2.45, 2.75) is 13.8 Å². The predicted octanol–water partition coefficient (Wildman–Crippen LogP) is 3.60. The fourth-order valence-corrected chi connectivity index (χ4v) is 4.17. The van der Waals surface area contributed by atoms with Gasteiger partial charge in [0.1, 0.15) is 22.2 Å².